The number of aromatic amines is 1. The molecular weight excluding hydrogens is 296 g/mol. The maximum absolute atomic E-state index is 12.0. The molecule has 5 nitrogen and oxygen atoms in total. The van der Waals surface area contributed by atoms with Gasteiger partial charge in [0.05, 0.1) is 15.5 Å². The molecule has 90 valence electrons. The van der Waals surface area contributed by atoms with Crippen LogP contribution in [0.5, 0.6) is 0 Å². The first-order valence-electron chi connectivity index (χ1n) is 5.35. The molecule has 2 aromatic heterocycles. The number of nitrogens with one attached hydrogen (secondary N) is 1. The molecule has 0 radical (unpaired) electrons. The van der Waals surface area contributed by atoms with Crippen LogP contribution in [0.3, 0.4) is 0 Å². The Morgan fingerprint density at radius 1 is 1.28 bits per heavy atom. The molecule has 0 aliphatic rings. The van der Waals surface area contributed by atoms with E-state index in [4.69, 9.17) is 0 Å². The van der Waals surface area contributed by atoms with Crippen LogP contribution in [-0.4, -0.2) is 19.5 Å². The van der Waals surface area contributed by atoms with Crippen LogP contribution in [0.25, 0.3) is 17.0 Å². The van der Waals surface area contributed by atoms with E-state index in [-0.39, 0.29) is 5.69 Å². The van der Waals surface area contributed by atoms with Gasteiger partial charge in [0.25, 0.3) is 0 Å². The van der Waals surface area contributed by atoms with Crippen molar-refractivity contribution >= 4 is 27.0 Å². The highest BCUT2D eigenvalue weighted by molar-refractivity contribution is 9.10. The fraction of sp³-hybridized carbons (Fsp3) is 0.0833. The number of H-pyrrole nitrogens is 1. The minimum Gasteiger partial charge on any atom is -0.305 e. The molecule has 0 unspecified atom stereocenters. The number of nitrogens with zero attached hydrogens (tertiary/aromatic N) is 3. The fourth-order valence-corrected chi connectivity index (χ4v) is 2.15. The van der Waals surface area contributed by atoms with Crippen LogP contribution in [0.1, 0.15) is 5.56 Å². The molecule has 0 saturated heterocycles. The standard InChI is InChI=1S/C12H9BrN4O/c1-7-3-2-4-9-10(7)17(12(18)16-9)11-14-5-8(13)6-15-11/h2-6H,1H3,(H,16,18). The molecule has 3 aromatic rings. The lowest BCUT2D eigenvalue weighted by Gasteiger charge is -2.03. The Hall–Kier alpha value is -1.95. The lowest BCUT2D eigenvalue weighted by Crippen LogP contribution is -2.17. The molecule has 1 aromatic carbocycles. The van der Waals surface area contributed by atoms with Crippen molar-refractivity contribution in [3.8, 4) is 5.95 Å². The van der Waals surface area contributed by atoms with E-state index in [1.54, 1.807) is 12.4 Å². The van der Waals surface area contributed by atoms with Gasteiger partial charge in [-0.3, -0.25) is 0 Å². The monoisotopic (exact) mass is 304 g/mol. The van der Waals surface area contributed by atoms with Crippen LogP contribution in [0.4, 0.5) is 0 Å². The summed E-state index contributed by atoms with van der Waals surface area (Å²) in [6, 6.07) is 5.71. The number of hydrogen-bond acceptors (Lipinski definition) is 3. The summed E-state index contributed by atoms with van der Waals surface area (Å²) in [5.41, 5.74) is 2.36. The van der Waals surface area contributed by atoms with Crippen molar-refractivity contribution < 1.29 is 0 Å². The minimum atomic E-state index is -0.235. The van der Waals surface area contributed by atoms with Crippen molar-refractivity contribution in [2.75, 3.05) is 0 Å². The average molecular weight is 305 g/mol. The highest BCUT2D eigenvalue weighted by Gasteiger charge is 2.12. The van der Waals surface area contributed by atoms with Gasteiger partial charge in [0, 0.05) is 12.4 Å². The van der Waals surface area contributed by atoms with E-state index >= 15 is 0 Å². The van der Waals surface area contributed by atoms with Gasteiger partial charge in [-0.15, -0.1) is 0 Å². The van der Waals surface area contributed by atoms with E-state index in [2.05, 4.69) is 30.9 Å². The second-order valence-corrected chi connectivity index (χ2v) is 4.85. The third-order valence-electron chi connectivity index (χ3n) is 2.71. The summed E-state index contributed by atoms with van der Waals surface area (Å²) in [5, 5.41) is 0. The first kappa shape index (κ1) is 11.2. The van der Waals surface area contributed by atoms with Gasteiger partial charge in [-0.2, -0.15) is 0 Å². The summed E-state index contributed by atoms with van der Waals surface area (Å²) >= 11 is 3.27. The third kappa shape index (κ3) is 1.65. The molecule has 0 saturated carbocycles. The number of fused-ring (bicyclic) bond motifs is 1. The summed E-state index contributed by atoms with van der Waals surface area (Å²) in [6.07, 6.45) is 3.23. The van der Waals surface area contributed by atoms with E-state index in [0.29, 0.717) is 5.95 Å². The van der Waals surface area contributed by atoms with Gasteiger partial charge in [0.1, 0.15) is 0 Å². The molecule has 0 aliphatic heterocycles. The largest absolute Gasteiger partial charge is 0.333 e. The van der Waals surface area contributed by atoms with Gasteiger partial charge >= 0.3 is 5.69 Å². The second-order valence-electron chi connectivity index (χ2n) is 3.94. The van der Waals surface area contributed by atoms with Gasteiger partial charge in [0.15, 0.2) is 0 Å². The van der Waals surface area contributed by atoms with Crippen molar-refractivity contribution in [2.24, 2.45) is 0 Å². The summed E-state index contributed by atoms with van der Waals surface area (Å²) in [5.74, 6) is 0.365. The second kappa shape index (κ2) is 4.06. The molecule has 2 heterocycles. The van der Waals surface area contributed by atoms with Crippen molar-refractivity contribution in [3.63, 3.8) is 0 Å². The van der Waals surface area contributed by atoms with Crippen LogP contribution in [0.2, 0.25) is 0 Å². The smallest absolute Gasteiger partial charge is 0.305 e. The Bertz CT molecular complexity index is 773. The Balaban J connectivity index is 2.38. The minimum absolute atomic E-state index is 0.235. The van der Waals surface area contributed by atoms with Gasteiger partial charge in [-0.1, -0.05) is 12.1 Å². The third-order valence-corrected chi connectivity index (χ3v) is 3.12. The van der Waals surface area contributed by atoms with E-state index in [1.165, 1.54) is 4.57 Å². The first-order chi connectivity index (χ1) is 8.66. The molecule has 0 spiro atoms. The normalized spacial score (nSPS) is 11.0. The number of para-hydroxylation sites is 1. The molecule has 3 rings (SSSR count). The highest BCUT2D eigenvalue weighted by atomic mass is 79.9. The number of imidazole rings is 1. The van der Waals surface area contributed by atoms with E-state index in [0.717, 1.165) is 21.1 Å². The number of aryl methyl sites for hydroxylation is 1. The average Bonchev–Trinajstić information content (AvgIpc) is 2.68. The predicted molar refractivity (Wildman–Crippen MR) is 71.9 cm³/mol. The van der Waals surface area contributed by atoms with Gasteiger partial charge in [-0.25, -0.2) is 19.3 Å². The Kier molecular flexibility index (Phi) is 2.52. The van der Waals surface area contributed by atoms with Crippen molar-refractivity contribution in [1.29, 1.82) is 0 Å². The highest BCUT2D eigenvalue weighted by Crippen LogP contribution is 2.17. The fourth-order valence-electron chi connectivity index (χ4n) is 1.94. The van der Waals surface area contributed by atoms with Gasteiger partial charge < -0.3 is 4.98 Å². The van der Waals surface area contributed by atoms with Crippen LogP contribution >= 0.6 is 15.9 Å². The van der Waals surface area contributed by atoms with Crippen molar-refractivity contribution in [2.45, 2.75) is 6.92 Å². The number of hydrogen-bond donors (Lipinski definition) is 1. The molecule has 18 heavy (non-hydrogen) atoms. The number of aromatic nitrogens is 4. The zero-order valence-corrected chi connectivity index (χ0v) is 11.1. The number of rotatable bonds is 1. The molecule has 6 heteroatoms. The van der Waals surface area contributed by atoms with Gasteiger partial charge in [-0.05, 0) is 34.5 Å². The summed E-state index contributed by atoms with van der Waals surface area (Å²) in [7, 11) is 0. The summed E-state index contributed by atoms with van der Waals surface area (Å²) in [6.45, 7) is 1.95. The van der Waals surface area contributed by atoms with Gasteiger partial charge in [0.2, 0.25) is 5.95 Å². The zero-order chi connectivity index (χ0) is 12.7. The molecule has 0 fully saturated rings. The molecule has 0 atom stereocenters. The van der Waals surface area contributed by atoms with Crippen LogP contribution in [-0.2, 0) is 0 Å². The molecule has 0 amide bonds. The zero-order valence-electron chi connectivity index (χ0n) is 9.51. The first-order valence-corrected chi connectivity index (χ1v) is 6.14. The number of halogens is 1. The molecule has 1 N–H and O–H groups in total. The molecular formula is C12H9BrN4O. The topological polar surface area (TPSA) is 63.6 Å². The van der Waals surface area contributed by atoms with E-state index in [1.807, 2.05) is 25.1 Å². The lowest BCUT2D eigenvalue weighted by molar-refractivity contribution is 0.903. The van der Waals surface area contributed by atoms with Crippen LogP contribution in [0, 0.1) is 6.92 Å². The van der Waals surface area contributed by atoms with E-state index < -0.39 is 0 Å². The molecule has 0 bridgehead atoms. The van der Waals surface area contributed by atoms with Crippen molar-refractivity contribution in [1.82, 2.24) is 19.5 Å². The maximum Gasteiger partial charge on any atom is 0.333 e. The summed E-state index contributed by atoms with van der Waals surface area (Å²) in [4.78, 5) is 23.1. The number of benzene rings is 1. The Morgan fingerprint density at radius 3 is 2.72 bits per heavy atom. The Labute approximate surface area is 111 Å². The predicted octanol–water partition coefficient (Wildman–Crippen LogP) is 2.18. The van der Waals surface area contributed by atoms with E-state index in [9.17, 15) is 4.79 Å². The lowest BCUT2D eigenvalue weighted by atomic mass is 10.2. The quantitative estimate of drug-likeness (QED) is 0.749. The maximum atomic E-state index is 12.0. The van der Waals surface area contributed by atoms with Crippen molar-refractivity contribution in [3.05, 3.63) is 51.1 Å². The SMILES string of the molecule is Cc1cccc2[nH]c(=O)n(-c3ncc(Br)cn3)c12. The van der Waals surface area contributed by atoms with Crippen LogP contribution in [0.15, 0.2) is 39.9 Å². The summed E-state index contributed by atoms with van der Waals surface area (Å²) < 4.78 is 2.26. The van der Waals surface area contributed by atoms with Crippen LogP contribution < -0.4 is 5.69 Å². The Morgan fingerprint density at radius 2 is 2.00 bits per heavy atom. The molecule has 0 aliphatic carbocycles.